The summed E-state index contributed by atoms with van der Waals surface area (Å²) in [6.45, 7) is 4.75. The highest BCUT2D eigenvalue weighted by Crippen LogP contribution is 2.55. The third-order valence-electron chi connectivity index (χ3n) is 11.5. The van der Waals surface area contributed by atoms with Crippen LogP contribution in [-0.4, -0.2) is 0 Å². The Morgan fingerprint density at radius 1 is 0.264 bits per heavy atom. The van der Waals surface area contributed by atoms with Crippen LogP contribution in [0.15, 0.2) is 194 Å². The first-order valence-corrected chi connectivity index (χ1v) is 18.6. The smallest absolute Gasteiger partial charge is 0.0159 e. The molecule has 1 aliphatic rings. The Kier molecular flexibility index (Phi) is 7.27. The van der Waals surface area contributed by atoms with Crippen LogP contribution in [0.3, 0.4) is 0 Å². The maximum atomic E-state index is 2.44. The highest BCUT2D eigenvalue weighted by atomic mass is 14.4. The average Bonchev–Trinajstić information content (AvgIpc) is 3.46. The van der Waals surface area contributed by atoms with E-state index < -0.39 is 0 Å². The van der Waals surface area contributed by atoms with Crippen LogP contribution in [0.5, 0.6) is 0 Å². The van der Waals surface area contributed by atoms with Gasteiger partial charge in [-0.2, -0.15) is 0 Å². The van der Waals surface area contributed by atoms with Crippen LogP contribution in [0, 0.1) is 0 Å². The van der Waals surface area contributed by atoms with Crippen molar-refractivity contribution in [1.29, 1.82) is 0 Å². The summed E-state index contributed by atoms with van der Waals surface area (Å²) in [6, 6.07) is 71.6. The minimum absolute atomic E-state index is 0.0863. The molecule has 0 heterocycles. The molecule has 9 aromatic carbocycles. The van der Waals surface area contributed by atoms with Gasteiger partial charge in [0.05, 0.1) is 0 Å². The highest BCUT2D eigenvalue weighted by Gasteiger charge is 2.37. The fraction of sp³-hybridized carbons (Fsp3) is 0.0566. The molecule has 0 aliphatic heterocycles. The zero-order valence-electron chi connectivity index (χ0n) is 30.0. The van der Waals surface area contributed by atoms with Crippen molar-refractivity contribution < 1.29 is 0 Å². The molecular formula is C53H38. The zero-order chi connectivity index (χ0) is 35.5. The van der Waals surface area contributed by atoms with Gasteiger partial charge in [0, 0.05) is 5.41 Å². The van der Waals surface area contributed by atoms with E-state index in [1.165, 1.54) is 99.4 Å². The minimum Gasteiger partial charge on any atom is -0.0622 e. The Hall–Kier alpha value is -6.50. The van der Waals surface area contributed by atoms with Crippen molar-refractivity contribution in [1.82, 2.24) is 0 Å². The van der Waals surface area contributed by atoms with Crippen molar-refractivity contribution in [3.05, 3.63) is 205 Å². The maximum absolute atomic E-state index is 2.44. The number of hydrogen-bond donors (Lipinski definition) is 0. The van der Waals surface area contributed by atoms with E-state index in [-0.39, 0.29) is 5.41 Å². The third kappa shape index (κ3) is 4.98. The Balaban J connectivity index is 1.32. The van der Waals surface area contributed by atoms with Gasteiger partial charge in [0.25, 0.3) is 0 Å². The van der Waals surface area contributed by atoms with Gasteiger partial charge in [-0.05, 0) is 112 Å². The molecule has 0 bridgehead atoms. The predicted molar refractivity (Wildman–Crippen MR) is 226 cm³/mol. The molecule has 0 N–H and O–H groups in total. The molecule has 0 heteroatoms. The summed E-state index contributed by atoms with van der Waals surface area (Å²) in [6.07, 6.45) is 0. The van der Waals surface area contributed by atoms with Crippen LogP contribution in [0.1, 0.15) is 25.0 Å². The summed E-state index contributed by atoms with van der Waals surface area (Å²) in [5.74, 6) is 0. The Morgan fingerprint density at radius 3 is 1.51 bits per heavy atom. The lowest BCUT2D eigenvalue weighted by Crippen LogP contribution is -2.14. The van der Waals surface area contributed by atoms with Crippen molar-refractivity contribution in [3.8, 4) is 66.8 Å². The lowest BCUT2D eigenvalue weighted by molar-refractivity contribution is 0.660. The fourth-order valence-electron chi connectivity index (χ4n) is 8.98. The largest absolute Gasteiger partial charge is 0.0622 e. The second-order valence-electron chi connectivity index (χ2n) is 14.8. The SMILES string of the molecule is CC1(C)c2ccccc2-c2c(-c3c4ccccc4c(-c4ccc(-c5ccccc5)c(-c5ccccc5)c4)c4ccc(-c5ccccc5)cc34)cccc21. The van der Waals surface area contributed by atoms with Gasteiger partial charge in [-0.3, -0.25) is 0 Å². The summed E-state index contributed by atoms with van der Waals surface area (Å²) < 4.78 is 0. The second-order valence-corrected chi connectivity index (χ2v) is 14.8. The molecule has 250 valence electrons. The topological polar surface area (TPSA) is 0 Å². The molecule has 0 fully saturated rings. The van der Waals surface area contributed by atoms with E-state index in [4.69, 9.17) is 0 Å². The van der Waals surface area contributed by atoms with Crippen LogP contribution in [0.2, 0.25) is 0 Å². The molecule has 1 aliphatic carbocycles. The van der Waals surface area contributed by atoms with E-state index in [1.807, 2.05) is 0 Å². The number of hydrogen-bond acceptors (Lipinski definition) is 0. The van der Waals surface area contributed by atoms with Crippen LogP contribution in [0.4, 0.5) is 0 Å². The van der Waals surface area contributed by atoms with Crippen molar-refractivity contribution in [3.63, 3.8) is 0 Å². The minimum atomic E-state index is -0.0863. The monoisotopic (exact) mass is 674 g/mol. The molecule has 0 amide bonds. The van der Waals surface area contributed by atoms with Crippen LogP contribution in [-0.2, 0) is 5.41 Å². The van der Waals surface area contributed by atoms with Crippen LogP contribution in [0.25, 0.3) is 88.3 Å². The van der Waals surface area contributed by atoms with Crippen molar-refractivity contribution in [2.45, 2.75) is 19.3 Å². The van der Waals surface area contributed by atoms with Gasteiger partial charge < -0.3 is 0 Å². The first-order valence-electron chi connectivity index (χ1n) is 18.6. The second kappa shape index (κ2) is 12.3. The first-order chi connectivity index (χ1) is 26.1. The van der Waals surface area contributed by atoms with Crippen LogP contribution >= 0.6 is 0 Å². The summed E-state index contributed by atoms with van der Waals surface area (Å²) >= 11 is 0. The number of benzene rings is 9. The highest BCUT2D eigenvalue weighted by molar-refractivity contribution is 6.23. The van der Waals surface area contributed by atoms with Gasteiger partial charge in [0.1, 0.15) is 0 Å². The molecule has 53 heavy (non-hydrogen) atoms. The fourth-order valence-corrected chi connectivity index (χ4v) is 8.98. The Morgan fingerprint density at radius 2 is 0.792 bits per heavy atom. The number of rotatable bonds is 5. The molecule has 0 unspecified atom stereocenters. The maximum Gasteiger partial charge on any atom is 0.0159 e. The molecule has 0 saturated heterocycles. The van der Waals surface area contributed by atoms with E-state index in [0.717, 1.165) is 0 Å². The molecule has 0 nitrogen and oxygen atoms in total. The van der Waals surface area contributed by atoms with E-state index in [1.54, 1.807) is 0 Å². The standard InChI is InChI=1S/C53H38/c1-53(2)48-27-15-14-25-44(48)52-45(26-16-28-49(52)53)51-42-24-13-12-23-41(42)50(43-32-29-38(33-47(43)51)35-17-6-3-7-18-35)39-30-31-40(36-19-8-4-9-20-36)46(34-39)37-21-10-5-11-22-37/h3-34H,1-2H3. The summed E-state index contributed by atoms with van der Waals surface area (Å²) in [4.78, 5) is 0. The van der Waals surface area contributed by atoms with Gasteiger partial charge in [-0.25, -0.2) is 0 Å². The van der Waals surface area contributed by atoms with Gasteiger partial charge >= 0.3 is 0 Å². The van der Waals surface area contributed by atoms with Gasteiger partial charge in [-0.15, -0.1) is 0 Å². The summed E-state index contributed by atoms with van der Waals surface area (Å²) in [5.41, 5.74) is 17.8. The van der Waals surface area contributed by atoms with E-state index in [0.29, 0.717) is 0 Å². The normalized spacial score (nSPS) is 12.9. The zero-order valence-corrected chi connectivity index (χ0v) is 30.0. The lowest BCUT2D eigenvalue weighted by atomic mass is 9.80. The predicted octanol–water partition coefficient (Wildman–Crippen LogP) is 14.6. The number of fused-ring (bicyclic) bond motifs is 5. The molecular weight excluding hydrogens is 637 g/mol. The molecule has 10 rings (SSSR count). The Labute approximate surface area is 311 Å². The molecule has 0 atom stereocenters. The van der Waals surface area contributed by atoms with Gasteiger partial charge in [0.15, 0.2) is 0 Å². The molecule has 0 spiro atoms. The molecule has 0 radical (unpaired) electrons. The molecule has 9 aromatic rings. The summed E-state index contributed by atoms with van der Waals surface area (Å²) in [5, 5.41) is 5.05. The van der Waals surface area contributed by atoms with Gasteiger partial charge in [-0.1, -0.05) is 196 Å². The quantitative estimate of drug-likeness (QED) is 0.159. The lowest BCUT2D eigenvalue weighted by Gasteiger charge is -2.23. The van der Waals surface area contributed by atoms with Crippen molar-refractivity contribution in [2.75, 3.05) is 0 Å². The first kappa shape index (κ1) is 31.3. The van der Waals surface area contributed by atoms with Crippen LogP contribution < -0.4 is 0 Å². The van der Waals surface area contributed by atoms with Gasteiger partial charge in [0.2, 0.25) is 0 Å². The van der Waals surface area contributed by atoms with Crippen molar-refractivity contribution >= 4 is 21.5 Å². The third-order valence-corrected chi connectivity index (χ3v) is 11.5. The van der Waals surface area contributed by atoms with E-state index >= 15 is 0 Å². The summed E-state index contributed by atoms with van der Waals surface area (Å²) in [7, 11) is 0. The molecule has 0 saturated carbocycles. The van der Waals surface area contributed by atoms with Crippen molar-refractivity contribution in [2.24, 2.45) is 0 Å². The van der Waals surface area contributed by atoms with E-state index in [9.17, 15) is 0 Å². The molecule has 0 aromatic heterocycles. The Bertz CT molecular complexity index is 2820. The average molecular weight is 675 g/mol. The van der Waals surface area contributed by atoms with E-state index in [2.05, 4.69) is 208 Å².